The number of furan rings is 1. The maximum Gasteiger partial charge on any atom is 0.287 e. The molecule has 4 heterocycles. The number of carbonyl (C=O) groups is 2. The predicted molar refractivity (Wildman–Crippen MR) is 115 cm³/mol. The summed E-state index contributed by atoms with van der Waals surface area (Å²) in [6, 6.07) is 7.24. The molecular formula is C23H22N4O4. The van der Waals surface area contributed by atoms with Crippen molar-refractivity contribution in [2.45, 2.75) is 20.3 Å². The number of ether oxygens (including phenoxy) is 1. The van der Waals surface area contributed by atoms with E-state index >= 15 is 0 Å². The molecule has 1 aromatic carbocycles. The number of aryl methyl sites for hydroxylation is 2. The van der Waals surface area contributed by atoms with E-state index in [1.165, 1.54) is 0 Å². The molecule has 0 unspecified atom stereocenters. The van der Waals surface area contributed by atoms with Gasteiger partial charge in [-0.1, -0.05) is 0 Å². The van der Waals surface area contributed by atoms with Crippen LogP contribution in [0.3, 0.4) is 0 Å². The Kier molecular flexibility index (Phi) is 4.43. The third-order valence-corrected chi connectivity index (χ3v) is 5.83. The molecule has 8 nitrogen and oxygen atoms in total. The molecule has 31 heavy (non-hydrogen) atoms. The van der Waals surface area contributed by atoms with Gasteiger partial charge in [0.05, 0.1) is 11.8 Å². The number of rotatable bonds is 4. The molecule has 1 N–H and O–H groups in total. The second-order valence-electron chi connectivity index (χ2n) is 7.70. The van der Waals surface area contributed by atoms with Gasteiger partial charge in [-0.05, 0) is 38.0 Å². The van der Waals surface area contributed by atoms with Crippen LogP contribution in [0, 0.1) is 13.8 Å². The molecule has 0 atom stereocenters. The van der Waals surface area contributed by atoms with Crippen molar-refractivity contribution in [3.63, 3.8) is 0 Å². The van der Waals surface area contributed by atoms with Gasteiger partial charge in [0, 0.05) is 49.4 Å². The smallest absolute Gasteiger partial charge is 0.287 e. The summed E-state index contributed by atoms with van der Waals surface area (Å²) in [5.74, 6) is 1.19. The highest BCUT2D eigenvalue weighted by molar-refractivity contribution is 5.99. The van der Waals surface area contributed by atoms with Crippen LogP contribution in [0.15, 0.2) is 41.1 Å². The predicted octanol–water partition coefficient (Wildman–Crippen LogP) is 3.70. The van der Waals surface area contributed by atoms with Crippen molar-refractivity contribution in [1.29, 1.82) is 0 Å². The minimum absolute atomic E-state index is 0.0226. The Balaban J connectivity index is 1.53. The number of likely N-dealkylation sites (tertiary alicyclic amines) is 1. The fourth-order valence-electron chi connectivity index (χ4n) is 3.94. The molecule has 5 rings (SSSR count). The van der Waals surface area contributed by atoms with Gasteiger partial charge in [-0.3, -0.25) is 9.59 Å². The van der Waals surface area contributed by atoms with Gasteiger partial charge in [-0.2, -0.15) is 5.10 Å². The van der Waals surface area contributed by atoms with Crippen LogP contribution in [0.2, 0.25) is 0 Å². The van der Waals surface area contributed by atoms with Crippen LogP contribution in [0.5, 0.6) is 11.5 Å². The maximum atomic E-state index is 12.7. The molecule has 4 aromatic rings. The quantitative estimate of drug-likeness (QED) is 0.546. The molecule has 8 heteroatoms. The second-order valence-corrected chi connectivity index (χ2v) is 7.70. The van der Waals surface area contributed by atoms with E-state index in [4.69, 9.17) is 9.15 Å². The number of hydrogen-bond acceptors (Lipinski definition) is 5. The number of nitrogens with one attached hydrogen (secondary N) is 1. The number of aromatic nitrogens is 2. The van der Waals surface area contributed by atoms with Crippen LogP contribution in [0.4, 0.5) is 0 Å². The van der Waals surface area contributed by atoms with E-state index in [0.717, 1.165) is 41.5 Å². The third-order valence-electron chi connectivity index (χ3n) is 5.83. The van der Waals surface area contributed by atoms with Crippen LogP contribution in [0.25, 0.3) is 16.5 Å². The lowest BCUT2D eigenvalue weighted by atomic mass is 10.1. The van der Waals surface area contributed by atoms with Crippen molar-refractivity contribution in [3.8, 4) is 11.5 Å². The first kappa shape index (κ1) is 19.2. The van der Waals surface area contributed by atoms with E-state index in [0.29, 0.717) is 22.6 Å². The summed E-state index contributed by atoms with van der Waals surface area (Å²) in [7, 11) is 1.57. The summed E-state index contributed by atoms with van der Waals surface area (Å²) < 4.78 is 13.6. The van der Waals surface area contributed by atoms with Gasteiger partial charge in [0.15, 0.2) is 11.5 Å². The Morgan fingerprint density at radius 2 is 1.97 bits per heavy atom. The number of hydrogen-bond donors (Lipinski definition) is 1. The van der Waals surface area contributed by atoms with Crippen LogP contribution in [0.1, 0.15) is 38.5 Å². The number of amides is 2. The number of nitrogens with zero attached hydrogens (tertiary/aromatic N) is 3. The fourth-order valence-corrected chi connectivity index (χ4v) is 3.94. The minimum atomic E-state index is -0.268. The molecule has 0 saturated carbocycles. The maximum absolute atomic E-state index is 12.7. The highest BCUT2D eigenvalue weighted by Gasteiger charge is 2.26. The molecule has 0 radical (unpaired) electrons. The van der Waals surface area contributed by atoms with Gasteiger partial charge < -0.3 is 19.4 Å². The third kappa shape index (κ3) is 3.02. The van der Waals surface area contributed by atoms with Crippen molar-refractivity contribution in [2.24, 2.45) is 0 Å². The van der Waals surface area contributed by atoms with Crippen molar-refractivity contribution in [1.82, 2.24) is 19.8 Å². The lowest BCUT2D eigenvalue weighted by molar-refractivity contribution is 0.0651. The zero-order valence-electron chi connectivity index (χ0n) is 17.6. The Bertz CT molecular complexity index is 1350. The molecule has 0 aliphatic carbocycles. The van der Waals surface area contributed by atoms with Gasteiger partial charge in [0.25, 0.3) is 11.8 Å². The van der Waals surface area contributed by atoms with E-state index in [1.54, 1.807) is 36.1 Å². The van der Waals surface area contributed by atoms with Gasteiger partial charge in [-0.15, -0.1) is 0 Å². The van der Waals surface area contributed by atoms with Crippen molar-refractivity contribution in [3.05, 3.63) is 59.1 Å². The fraction of sp³-hybridized carbons (Fsp3) is 0.261. The van der Waals surface area contributed by atoms with E-state index in [-0.39, 0.29) is 17.6 Å². The zero-order chi connectivity index (χ0) is 21.7. The van der Waals surface area contributed by atoms with Gasteiger partial charge in [0.2, 0.25) is 0 Å². The van der Waals surface area contributed by atoms with Gasteiger partial charge in [-0.25, -0.2) is 4.52 Å². The van der Waals surface area contributed by atoms with Gasteiger partial charge in [0.1, 0.15) is 16.8 Å². The minimum Gasteiger partial charge on any atom is -0.455 e. The molecular weight excluding hydrogens is 396 g/mol. The van der Waals surface area contributed by atoms with E-state index in [1.807, 2.05) is 30.9 Å². The SMILES string of the molecule is CNC(=O)c1oc2cc(Oc3ccnn4cc(C(=O)N5CCC5)c(C)c34)ccc2c1C. The first-order valence-corrected chi connectivity index (χ1v) is 10.2. The normalized spacial score (nSPS) is 13.5. The summed E-state index contributed by atoms with van der Waals surface area (Å²) >= 11 is 0. The second kappa shape index (κ2) is 7.16. The first-order chi connectivity index (χ1) is 15.0. The molecule has 1 fully saturated rings. The van der Waals surface area contributed by atoms with E-state index < -0.39 is 0 Å². The van der Waals surface area contributed by atoms with Gasteiger partial charge >= 0.3 is 0 Å². The van der Waals surface area contributed by atoms with E-state index in [9.17, 15) is 9.59 Å². The molecule has 1 saturated heterocycles. The number of fused-ring (bicyclic) bond motifs is 2. The molecule has 0 bridgehead atoms. The lowest BCUT2D eigenvalue weighted by Gasteiger charge is -2.30. The summed E-state index contributed by atoms with van der Waals surface area (Å²) in [6.07, 6.45) is 4.44. The lowest BCUT2D eigenvalue weighted by Crippen LogP contribution is -2.42. The largest absolute Gasteiger partial charge is 0.455 e. The Morgan fingerprint density at radius 3 is 2.68 bits per heavy atom. The van der Waals surface area contributed by atoms with Crippen LogP contribution < -0.4 is 10.1 Å². The molecule has 158 valence electrons. The average Bonchev–Trinajstić information content (AvgIpc) is 3.24. The molecule has 1 aliphatic rings. The molecule has 1 aliphatic heterocycles. The van der Waals surface area contributed by atoms with Crippen LogP contribution in [-0.2, 0) is 0 Å². The average molecular weight is 418 g/mol. The summed E-state index contributed by atoms with van der Waals surface area (Å²) in [6.45, 7) is 5.35. The number of carbonyl (C=O) groups excluding carboxylic acids is 2. The van der Waals surface area contributed by atoms with E-state index in [2.05, 4.69) is 10.4 Å². The summed E-state index contributed by atoms with van der Waals surface area (Å²) in [4.78, 5) is 26.6. The van der Waals surface area contributed by atoms with Crippen molar-refractivity contribution < 1.29 is 18.7 Å². The first-order valence-electron chi connectivity index (χ1n) is 10.2. The topological polar surface area (TPSA) is 89.1 Å². The monoisotopic (exact) mass is 418 g/mol. The molecule has 0 spiro atoms. The Morgan fingerprint density at radius 1 is 1.16 bits per heavy atom. The van der Waals surface area contributed by atoms with Crippen LogP contribution in [-0.4, -0.2) is 46.5 Å². The standard InChI is InChI=1S/C23H22N4O4/c1-13-17(23(29)26-9-4-10-26)12-27-20(13)18(7-8-25-27)30-15-5-6-16-14(2)21(22(28)24-3)31-19(16)11-15/h5-8,11-12H,4,9-10H2,1-3H3,(H,24,28). The zero-order valence-corrected chi connectivity index (χ0v) is 17.6. The number of benzene rings is 1. The summed E-state index contributed by atoms with van der Waals surface area (Å²) in [5.41, 5.74) is 3.56. The highest BCUT2D eigenvalue weighted by atomic mass is 16.5. The Labute approximate surface area is 178 Å². The molecule has 3 aromatic heterocycles. The highest BCUT2D eigenvalue weighted by Crippen LogP contribution is 2.34. The summed E-state index contributed by atoms with van der Waals surface area (Å²) in [5, 5.41) is 7.79. The van der Waals surface area contributed by atoms with Crippen molar-refractivity contribution >= 4 is 28.3 Å². The van der Waals surface area contributed by atoms with Crippen LogP contribution >= 0.6 is 0 Å². The molecule has 2 amide bonds. The Hall–Kier alpha value is -3.81. The van der Waals surface area contributed by atoms with Crippen molar-refractivity contribution in [2.75, 3.05) is 20.1 Å².